The number of nitrogens with zero attached hydrogens (tertiary/aromatic N) is 2. The van der Waals surface area contributed by atoms with E-state index in [1.54, 1.807) is 0 Å². The molecule has 2 N–H and O–H groups in total. The third-order valence-corrected chi connectivity index (χ3v) is 4.52. The molecule has 0 saturated carbocycles. The molecule has 1 aromatic heterocycles. The van der Waals surface area contributed by atoms with Gasteiger partial charge in [0.1, 0.15) is 11.6 Å². The minimum Gasteiger partial charge on any atom is -0.344 e. The van der Waals surface area contributed by atoms with Crippen LogP contribution >= 0.6 is 11.6 Å². The fourth-order valence-corrected chi connectivity index (χ4v) is 2.91. The molecule has 0 bridgehead atoms. The highest BCUT2D eigenvalue weighted by Crippen LogP contribution is 2.33. The Labute approximate surface area is 182 Å². The van der Waals surface area contributed by atoms with Crippen LogP contribution in [0.2, 0.25) is 5.02 Å². The number of hydrogen-bond donors (Lipinski definition) is 2. The summed E-state index contributed by atoms with van der Waals surface area (Å²) in [5, 5.41) is 4.86. The lowest BCUT2D eigenvalue weighted by Crippen LogP contribution is -2.36. The number of hydrogen-bond acceptors (Lipinski definition) is 3. The van der Waals surface area contributed by atoms with E-state index in [4.69, 9.17) is 11.6 Å². The average molecular weight is 501 g/mol. The normalized spacial score (nSPS) is 12.2. The van der Waals surface area contributed by atoms with Crippen LogP contribution < -0.4 is 11.0 Å². The van der Waals surface area contributed by atoms with E-state index in [2.05, 4.69) is 10.1 Å². The molecule has 0 atom stereocenters. The smallest absolute Gasteiger partial charge is 0.344 e. The summed E-state index contributed by atoms with van der Waals surface area (Å²) >= 11 is 5.91. The Morgan fingerprint density at radius 1 is 1.06 bits per heavy atom. The van der Waals surface area contributed by atoms with Gasteiger partial charge in [-0.2, -0.15) is 31.0 Å². The predicted octanol–water partition coefficient (Wildman–Crippen LogP) is 4.36. The molecule has 6 nitrogen and oxygen atoms in total. The van der Waals surface area contributed by atoms with Gasteiger partial charge in [-0.3, -0.25) is 9.78 Å². The summed E-state index contributed by atoms with van der Waals surface area (Å²) in [5.41, 5.74) is -3.85. The fourth-order valence-electron chi connectivity index (χ4n) is 2.67. The van der Waals surface area contributed by atoms with E-state index in [0.717, 1.165) is 12.1 Å². The molecule has 0 radical (unpaired) electrons. The molecule has 0 aliphatic rings. The van der Waals surface area contributed by atoms with Crippen molar-refractivity contribution in [3.63, 3.8) is 0 Å². The van der Waals surface area contributed by atoms with Crippen LogP contribution in [0.15, 0.2) is 35.1 Å². The lowest BCUT2D eigenvalue weighted by atomic mass is 10.1. The van der Waals surface area contributed by atoms with Gasteiger partial charge in [0.2, 0.25) is 0 Å². The molecule has 15 heteroatoms. The Balaban J connectivity index is 2.00. The number of carbonyl (C=O) groups is 1. The quantitative estimate of drug-likeness (QED) is 0.523. The highest BCUT2D eigenvalue weighted by Gasteiger charge is 2.38. The van der Waals surface area contributed by atoms with Crippen molar-refractivity contribution in [2.24, 2.45) is 0 Å². The Bertz CT molecular complexity index is 1280. The zero-order valence-corrected chi connectivity index (χ0v) is 16.5. The van der Waals surface area contributed by atoms with Crippen LogP contribution in [0.25, 0.3) is 17.1 Å². The van der Waals surface area contributed by atoms with E-state index in [1.165, 1.54) is 5.32 Å². The number of H-pyrrole nitrogens is 1. The highest BCUT2D eigenvalue weighted by atomic mass is 35.5. The molecule has 0 unspecified atom stereocenters. The number of aromatic nitrogens is 3. The van der Waals surface area contributed by atoms with Crippen molar-refractivity contribution >= 4 is 17.5 Å². The van der Waals surface area contributed by atoms with Crippen LogP contribution in [0.4, 0.5) is 35.1 Å². The molecule has 3 aromatic rings. The lowest BCUT2D eigenvalue weighted by Gasteiger charge is -2.11. The number of benzene rings is 2. The minimum atomic E-state index is -5.21. The number of alkyl halides is 6. The number of nitrogens with one attached hydrogen (secondary N) is 2. The van der Waals surface area contributed by atoms with Crippen LogP contribution in [0, 0.1) is 11.6 Å². The van der Waals surface area contributed by atoms with Gasteiger partial charge in [-0.1, -0.05) is 11.6 Å². The molecule has 0 aliphatic carbocycles. The molecular formula is C18H9ClF8N4O2. The number of amides is 1. The van der Waals surface area contributed by atoms with Crippen LogP contribution in [-0.4, -0.2) is 26.8 Å². The molecule has 0 fully saturated rings. The van der Waals surface area contributed by atoms with Crippen LogP contribution in [0.3, 0.4) is 0 Å². The van der Waals surface area contributed by atoms with E-state index in [0.29, 0.717) is 22.9 Å². The van der Waals surface area contributed by atoms with Crippen molar-refractivity contribution in [2.75, 3.05) is 0 Å². The Kier molecular flexibility index (Phi) is 6.24. The highest BCUT2D eigenvalue weighted by molar-refractivity contribution is 6.33. The third kappa shape index (κ3) is 5.16. The number of carbonyl (C=O) groups excluding carboxylic acids is 1. The average Bonchev–Trinajstić information content (AvgIpc) is 3.07. The van der Waals surface area contributed by atoms with Gasteiger partial charge in [-0.25, -0.2) is 13.6 Å². The molecule has 176 valence electrons. The molecule has 1 amide bonds. The summed E-state index contributed by atoms with van der Waals surface area (Å²) in [4.78, 5) is 25.3. The van der Waals surface area contributed by atoms with Crippen LogP contribution in [0.5, 0.6) is 0 Å². The standard InChI is InChI=1S/C18H9ClF8N4O2/c19-11-5-13(21)7(6-28-15(32)18(25,26)27)3-9(11)14-29-16(33)31(30-14)8-1-2-12(20)10(4-8)17(22,23)24/h1-5H,6H2,(H,28,32)(H,29,30,33). The van der Waals surface area contributed by atoms with E-state index in [-0.39, 0.29) is 16.4 Å². The molecule has 33 heavy (non-hydrogen) atoms. The Hall–Kier alpha value is -3.42. The summed E-state index contributed by atoms with van der Waals surface area (Å²) in [6.07, 6.45) is -10.3. The maximum absolute atomic E-state index is 14.1. The first kappa shape index (κ1) is 24.2. The Morgan fingerprint density at radius 2 is 1.73 bits per heavy atom. The van der Waals surface area contributed by atoms with Crippen LogP contribution in [0.1, 0.15) is 11.1 Å². The Morgan fingerprint density at radius 3 is 2.33 bits per heavy atom. The summed E-state index contributed by atoms with van der Waals surface area (Å²) in [6.45, 7) is -0.897. The first-order chi connectivity index (χ1) is 15.2. The molecule has 2 aromatic carbocycles. The van der Waals surface area contributed by atoms with E-state index < -0.39 is 58.9 Å². The first-order valence-electron chi connectivity index (χ1n) is 8.58. The summed E-state index contributed by atoms with van der Waals surface area (Å²) in [6, 6.07) is 3.24. The minimum absolute atomic E-state index is 0.205. The largest absolute Gasteiger partial charge is 0.471 e. The molecule has 0 saturated heterocycles. The third-order valence-electron chi connectivity index (χ3n) is 4.21. The van der Waals surface area contributed by atoms with E-state index in [1.807, 2.05) is 0 Å². The summed E-state index contributed by atoms with van der Waals surface area (Å²) in [5.74, 6) is -5.37. The number of aromatic amines is 1. The van der Waals surface area contributed by atoms with Crippen molar-refractivity contribution in [3.8, 4) is 17.1 Å². The van der Waals surface area contributed by atoms with Gasteiger partial charge in [0.15, 0.2) is 5.82 Å². The second kappa shape index (κ2) is 8.50. The van der Waals surface area contributed by atoms with Gasteiger partial charge >= 0.3 is 23.9 Å². The van der Waals surface area contributed by atoms with Crippen LogP contribution in [-0.2, 0) is 17.5 Å². The lowest BCUT2D eigenvalue weighted by molar-refractivity contribution is -0.173. The SMILES string of the molecule is O=C(NCc1cc(-c2nn(-c3ccc(F)c(C(F)(F)F)c3)c(=O)[nH]2)c(Cl)cc1F)C(F)(F)F. The summed E-state index contributed by atoms with van der Waals surface area (Å²) < 4.78 is 104. The van der Waals surface area contributed by atoms with Gasteiger partial charge in [0.25, 0.3) is 0 Å². The first-order valence-corrected chi connectivity index (χ1v) is 8.96. The maximum Gasteiger partial charge on any atom is 0.471 e. The molecular weight excluding hydrogens is 492 g/mol. The van der Waals surface area contributed by atoms with E-state index >= 15 is 0 Å². The van der Waals surface area contributed by atoms with Gasteiger partial charge in [-0.15, -0.1) is 5.10 Å². The monoisotopic (exact) mass is 500 g/mol. The zero-order chi connectivity index (χ0) is 24.7. The second-order valence-corrected chi connectivity index (χ2v) is 6.86. The number of halogens is 9. The fraction of sp³-hybridized carbons (Fsp3) is 0.167. The maximum atomic E-state index is 14.1. The molecule has 0 spiro atoms. The molecule has 0 aliphatic heterocycles. The molecule has 3 rings (SSSR count). The zero-order valence-electron chi connectivity index (χ0n) is 15.7. The van der Waals surface area contributed by atoms with Crippen molar-refractivity contribution in [1.29, 1.82) is 0 Å². The topological polar surface area (TPSA) is 79.8 Å². The number of rotatable bonds is 4. The van der Waals surface area contributed by atoms with Gasteiger partial charge < -0.3 is 5.32 Å². The van der Waals surface area contributed by atoms with Crippen molar-refractivity contribution < 1.29 is 39.9 Å². The van der Waals surface area contributed by atoms with Crippen molar-refractivity contribution in [3.05, 3.63) is 68.6 Å². The predicted molar refractivity (Wildman–Crippen MR) is 97.5 cm³/mol. The van der Waals surface area contributed by atoms with Crippen molar-refractivity contribution in [2.45, 2.75) is 18.9 Å². The molecule has 1 heterocycles. The van der Waals surface area contributed by atoms with Gasteiger partial charge in [0.05, 0.1) is 16.3 Å². The van der Waals surface area contributed by atoms with Gasteiger partial charge in [0, 0.05) is 17.7 Å². The van der Waals surface area contributed by atoms with E-state index in [9.17, 15) is 44.7 Å². The van der Waals surface area contributed by atoms with Crippen molar-refractivity contribution in [1.82, 2.24) is 20.1 Å². The van der Waals surface area contributed by atoms with Gasteiger partial charge in [-0.05, 0) is 30.3 Å². The second-order valence-electron chi connectivity index (χ2n) is 6.46. The summed E-state index contributed by atoms with van der Waals surface area (Å²) in [7, 11) is 0.